The second-order valence-electron chi connectivity index (χ2n) is 5.59. The fourth-order valence-electron chi connectivity index (χ4n) is 3.13. The molecule has 2 heterocycles. The van der Waals surface area contributed by atoms with Crippen LogP contribution in [-0.4, -0.2) is 18.1 Å². The Bertz CT molecular complexity index is 630. The molecule has 0 spiro atoms. The van der Waals surface area contributed by atoms with Gasteiger partial charge in [0.05, 0.1) is 10.5 Å². The maximum atomic E-state index is 6.60. The standard InChI is InChI=1S/C17H21ClN2/c1-3-14-12(2)19-16-8-7-13(11-15(16)17(14)18)20-9-5-4-6-10-20/h7-8,11H,3-6,9-10H2,1-2H3. The lowest BCUT2D eigenvalue weighted by molar-refractivity contribution is 0.578. The average Bonchev–Trinajstić information content (AvgIpc) is 2.48. The Morgan fingerprint density at radius 2 is 1.95 bits per heavy atom. The molecule has 0 N–H and O–H groups in total. The molecule has 1 aromatic heterocycles. The smallest absolute Gasteiger partial charge is 0.0721 e. The van der Waals surface area contributed by atoms with E-state index in [1.807, 2.05) is 6.92 Å². The van der Waals surface area contributed by atoms with Crippen molar-refractivity contribution in [2.75, 3.05) is 18.0 Å². The monoisotopic (exact) mass is 288 g/mol. The van der Waals surface area contributed by atoms with Gasteiger partial charge in [0.2, 0.25) is 0 Å². The van der Waals surface area contributed by atoms with Gasteiger partial charge in [0.25, 0.3) is 0 Å². The molecule has 1 aliphatic heterocycles. The zero-order valence-electron chi connectivity index (χ0n) is 12.2. The maximum absolute atomic E-state index is 6.60. The van der Waals surface area contributed by atoms with E-state index in [0.717, 1.165) is 41.1 Å². The van der Waals surface area contributed by atoms with Crippen molar-refractivity contribution in [1.29, 1.82) is 0 Å². The first kappa shape index (κ1) is 13.7. The third-order valence-electron chi connectivity index (χ3n) is 4.28. The number of hydrogen-bond acceptors (Lipinski definition) is 2. The molecular weight excluding hydrogens is 268 g/mol. The summed E-state index contributed by atoms with van der Waals surface area (Å²) in [4.78, 5) is 7.15. The van der Waals surface area contributed by atoms with E-state index in [4.69, 9.17) is 16.6 Å². The first-order valence-corrected chi connectivity index (χ1v) is 7.92. The van der Waals surface area contributed by atoms with E-state index < -0.39 is 0 Å². The molecule has 1 fully saturated rings. The Morgan fingerprint density at radius 1 is 1.20 bits per heavy atom. The minimum atomic E-state index is 0.883. The van der Waals surface area contributed by atoms with Gasteiger partial charge >= 0.3 is 0 Å². The molecule has 3 rings (SSSR count). The van der Waals surface area contributed by atoms with Crippen molar-refractivity contribution in [2.45, 2.75) is 39.5 Å². The van der Waals surface area contributed by atoms with Crippen LogP contribution in [0.2, 0.25) is 5.02 Å². The number of piperidine rings is 1. The Hall–Kier alpha value is -1.28. The van der Waals surface area contributed by atoms with Gasteiger partial charge < -0.3 is 4.90 Å². The number of aromatic nitrogens is 1. The Kier molecular flexibility index (Phi) is 3.84. The van der Waals surface area contributed by atoms with E-state index in [-0.39, 0.29) is 0 Å². The molecule has 3 heteroatoms. The summed E-state index contributed by atoms with van der Waals surface area (Å²) in [5.41, 5.74) is 4.52. The summed E-state index contributed by atoms with van der Waals surface area (Å²) in [5.74, 6) is 0. The van der Waals surface area contributed by atoms with Crippen LogP contribution < -0.4 is 4.90 Å². The Balaban J connectivity index is 2.09. The number of nitrogens with zero attached hydrogens (tertiary/aromatic N) is 2. The van der Waals surface area contributed by atoms with Crippen molar-refractivity contribution in [3.05, 3.63) is 34.5 Å². The number of rotatable bonds is 2. The molecule has 0 amide bonds. The van der Waals surface area contributed by atoms with Gasteiger partial charge in [-0.25, -0.2) is 0 Å². The summed E-state index contributed by atoms with van der Waals surface area (Å²) in [7, 11) is 0. The van der Waals surface area contributed by atoms with E-state index in [9.17, 15) is 0 Å². The lowest BCUT2D eigenvalue weighted by atomic mass is 10.1. The highest BCUT2D eigenvalue weighted by atomic mass is 35.5. The molecule has 1 aliphatic rings. The number of anilines is 1. The van der Waals surface area contributed by atoms with Crippen molar-refractivity contribution >= 4 is 28.2 Å². The third-order valence-corrected chi connectivity index (χ3v) is 4.71. The van der Waals surface area contributed by atoms with Crippen molar-refractivity contribution < 1.29 is 0 Å². The molecule has 2 nitrogen and oxygen atoms in total. The normalized spacial score (nSPS) is 15.8. The Morgan fingerprint density at radius 3 is 2.65 bits per heavy atom. The molecule has 0 atom stereocenters. The van der Waals surface area contributed by atoms with E-state index in [0.29, 0.717) is 0 Å². The lowest BCUT2D eigenvalue weighted by Gasteiger charge is -2.29. The van der Waals surface area contributed by atoms with Crippen LogP contribution in [0.15, 0.2) is 18.2 Å². The average molecular weight is 289 g/mol. The van der Waals surface area contributed by atoms with Gasteiger partial charge in [0.15, 0.2) is 0 Å². The molecule has 0 radical (unpaired) electrons. The SMILES string of the molecule is CCc1c(C)nc2ccc(N3CCCCC3)cc2c1Cl. The van der Waals surface area contributed by atoms with Crippen molar-refractivity contribution in [3.8, 4) is 0 Å². The van der Waals surface area contributed by atoms with Gasteiger partial charge in [0.1, 0.15) is 0 Å². The fourth-order valence-corrected chi connectivity index (χ4v) is 3.55. The number of aryl methyl sites for hydroxylation is 1. The largest absolute Gasteiger partial charge is 0.372 e. The van der Waals surface area contributed by atoms with Gasteiger partial charge in [-0.1, -0.05) is 18.5 Å². The van der Waals surface area contributed by atoms with Crippen LogP contribution in [0, 0.1) is 6.92 Å². The summed E-state index contributed by atoms with van der Waals surface area (Å²) >= 11 is 6.60. The molecule has 1 saturated heterocycles. The summed E-state index contributed by atoms with van der Waals surface area (Å²) in [6.07, 6.45) is 4.86. The molecule has 0 unspecified atom stereocenters. The quantitative estimate of drug-likeness (QED) is 0.793. The van der Waals surface area contributed by atoms with Crippen molar-refractivity contribution in [3.63, 3.8) is 0 Å². The number of pyridine rings is 1. The van der Waals surface area contributed by atoms with Crippen LogP contribution in [0.3, 0.4) is 0 Å². The van der Waals surface area contributed by atoms with Crippen LogP contribution in [0.1, 0.15) is 37.4 Å². The molecule has 1 aromatic carbocycles. The highest BCUT2D eigenvalue weighted by Crippen LogP contribution is 2.32. The first-order valence-electron chi connectivity index (χ1n) is 7.54. The molecule has 20 heavy (non-hydrogen) atoms. The van der Waals surface area contributed by atoms with Crippen molar-refractivity contribution in [1.82, 2.24) is 4.98 Å². The summed E-state index contributed by atoms with van der Waals surface area (Å²) in [6.45, 7) is 6.49. The Labute approximate surface area is 125 Å². The second-order valence-corrected chi connectivity index (χ2v) is 5.97. The lowest BCUT2D eigenvalue weighted by Crippen LogP contribution is -2.29. The predicted molar refractivity (Wildman–Crippen MR) is 86.9 cm³/mol. The fraction of sp³-hybridized carbons (Fsp3) is 0.471. The number of hydrogen-bond donors (Lipinski definition) is 0. The van der Waals surface area contributed by atoms with Crippen molar-refractivity contribution in [2.24, 2.45) is 0 Å². The molecular formula is C17H21ClN2. The zero-order valence-corrected chi connectivity index (χ0v) is 13.0. The second kappa shape index (κ2) is 5.61. The minimum absolute atomic E-state index is 0.883. The van der Waals surface area contributed by atoms with E-state index in [1.54, 1.807) is 0 Å². The van der Waals surface area contributed by atoms with Crippen LogP contribution in [0.5, 0.6) is 0 Å². The van der Waals surface area contributed by atoms with Gasteiger partial charge in [-0.05, 0) is 56.4 Å². The van der Waals surface area contributed by atoms with Crippen LogP contribution in [-0.2, 0) is 6.42 Å². The van der Waals surface area contributed by atoms with E-state index >= 15 is 0 Å². The van der Waals surface area contributed by atoms with Gasteiger partial charge in [-0.2, -0.15) is 0 Å². The number of benzene rings is 1. The third kappa shape index (κ3) is 2.37. The topological polar surface area (TPSA) is 16.1 Å². The van der Waals surface area contributed by atoms with Crippen LogP contribution in [0.25, 0.3) is 10.9 Å². The maximum Gasteiger partial charge on any atom is 0.0721 e. The zero-order chi connectivity index (χ0) is 14.1. The number of fused-ring (bicyclic) bond motifs is 1. The molecule has 0 saturated carbocycles. The first-order chi connectivity index (χ1) is 9.70. The predicted octanol–water partition coefficient (Wildman–Crippen LogP) is 4.75. The van der Waals surface area contributed by atoms with Gasteiger partial charge in [-0.3, -0.25) is 4.98 Å². The van der Waals surface area contributed by atoms with Crippen LogP contribution >= 0.6 is 11.6 Å². The van der Waals surface area contributed by atoms with E-state index in [2.05, 4.69) is 30.0 Å². The molecule has 2 aromatic rings. The molecule has 0 aliphatic carbocycles. The summed E-state index contributed by atoms with van der Waals surface area (Å²) in [6, 6.07) is 6.51. The summed E-state index contributed by atoms with van der Waals surface area (Å²) in [5, 5.41) is 1.98. The molecule has 0 bridgehead atoms. The van der Waals surface area contributed by atoms with Crippen LogP contribution in [0.4, 0.5) is 5.69 Å². The highest BCUT2D eigenvalue weighted by Gasteiger charge is 2.14. The van der Waals surface area contributed by atoms with E-state index in [1.165, 1.54) is 30.5 Å². The van der Waals surface area contributed by atoms with Gasteiger partial charge in [-0.15, -0.1) is 0 Å². The minimum Gasteiger partial charge on any atom is -0.372 e. The highest BCUT2D eigenvalue weighted by molar-refractivity contribution is 6.36. The summed E-state index contributed by atoms with van der Waals surface area (Å²) < 4.78 is 0. The van der Waals surface area contributed by atoms with Gasteiger partial charge in [0, 0.05) is 29.9 Å². The molecule has 106 valence electrons. The number of halogens is 1.